The van der Waals surface area contributed by atoms with Crippen LogP contribution < -0.4 is 19.5 Å². The van der Waals surface area contributed by atoms with E-state index in [9.17, 15) is 13.2 Å². The van der Waals surface area contributed by atoms with E-state index in [4.69, 9.17) is 14.2 Å². The molecular weight excluding hydrogens is 428 g/mol. The van der Waals surface area contributed by atoms with Crippen molar-refractivity contribution in [3.05, 3.63) is 35.2 Å². The first-order valence-corrected chi connectivity index (χ1v) is 11.8. The van der Waals surface area contributed by atoms with Crippen molar-refractivity contribution in [3.8, 4) is 17.2 Å². The summed E-state index contributed by atoms with van der Waals surface area (Å²) in [5.41, 5.74) is 0.815. The van der Waals surface area contributed by atoms with Gasteiger partial charge in [0.15, 0.2) is 11.5 Å². The number of hydrogen-bond donors (Lipinski definition) is 1. The van der Waals surface area contributed by atoms with Gasteiger partial charge in [-0.25, -0.2) is 8.42 Å². The van der Waals surface area contributed by atoms with Crippen molar-refractivity contribution in [2.45, 2.75) is 23.6 Å². The third-order valence-electron chi connectivity index (χ3n) is 5.11. The minimum atomic E-state index is -3.46. The molecule has 30 heavy (non-hydrogen) atoms. The number of rotatable bonds is 8. The van der Waals surface area contributed by atoms with Crippen LogP contribution in [0.15, 0.2) is 33.9 Å². The van der Waals surface area contributed by atoms with Crippen LogP contribution in [-0.4, -0.2) is 53.0 Å². The van der Waals surface area contributed by atoms with Gasteiger partial charge in [-0.05, 0) is 42.0 Å². The van der Waals surface area contributed by atoms with Gasteiger partial charge in [-0.1, -0.05) is 6.07 Å². The predicted octanol–water partition coefficient (Wildman–Crippen LogP) is 2.49. The molecular formula is C20H26N2O6S2. The third-order valence-corrected chi connectivity index (χ3v) is 8.38. The molecule has 0 atom stereocenters. The molecule has 0 radical (unpaired) electrons. The predicted molar refractivity (Wildman–Crippen MR) is 114 cm³/mol. The first-order valence-electron chi connectivity index (χ1n) is 9.51. The lowest BCUT2D eigenvalue weighted by molar-refractivity contribution is -0.126. The van der Waals surface area contributed by atoms with Crippen LogP contribution in [0.2, 0.25) is 0 Å². The molecule has 0 saturated carbocycles. The summed E-state index contributed by atoms with van der Waals surface area (Å²) in [7, 11) is 1.15. The van der Waals surface area contributed by atoms with Gasteiger partial charge >= 0.3 is 0 Å². The summed E-state index contributed by atoms with van der Waals surface area (Å²) >= 11 is 1.21. The molecule has 1 aliphatic rings. The molecule has 1 amide bonds. The molecule has 2 aromatic rings. The second-order valence-corrected chi connectivity index (χ2v) is 9.97. The smallest absolute Gasteiger partial charge is 0.252 e. The maximum atomic E-state index is 12.6. The van der Waals surface area contributed by atoms with Crippen LogP contribution in [0.4, 0.5) is 0 Å². The monoisotopic (exact) mass is 454 g/mol. The fourth-order valence-corrected chi connectivity index (χ4v) is 6.08. The Morgan fingerprint density at radius 2 is 1.77 bits per heavy atom. The standard InChI is InChI=1S/C20H26N2O6S2/c1-26-16-11-14(12-17(27-2)19(16)28-3)13-21-20(23)15-6-8-22(9-7-15)30(24,25)18-5-4-10-29-18/h4-5,10-12,15H,6-9,13H2,1-3H3,(H,21,23). The van der Waals surface area contributed by atoms with Crippen molar-refractivity contribution in [1.82, 2.24) is 9.62 Å². The minimum absolute atomic E-state index is 0.0862. The highest BCUT2D eigenvalue weighted by atomic mass is 32.2. The Hall–Kier alpha value is -2.30. The van der Waals surface area contributed by atoms with Crippen molar-refractivity contribution in [2.24, 2.45) is 5.92 Å². The number of hydrogen-bond acceptors (Lipinski definition) is 7. The van der Waals surface area contributed by atoms with Crippen LogP contribution in [0.1, 0.15) is 18.4 Å². The average molecular weight is 455 g/mol. The van der Waals surface area contributed by atoms with Gasteiger partial charge in [0.25, 0.3) is 10.0 Å². The number of nitrogens with one attached hydrogen (secondary N) is 1. The molecule has 0 unspecified atom stereocenters. The van der Waals surface area contributed by atoms with Crippen LogP contribution in [-0.2, 0) is 21.4 Å². The summed E-state index contributed by atoms with van der Waals surface area (Å²) in [5, 5.41) is 4.68. The summed E-state index contributed by atoms with van der Waals surface area (Å²) in [4.78, 5) is 12.6. The Kier molecular flexibility index (Phi) is 7.22. The second kappa shape index (κ2) is 9.67. The Bertz CT molecular complexity index is 942. The topological polar surface area (TPSA) is 94.2 Å². The first-order chi connectivity index (χ1) is 14.4. The van der Waals surface area contributed by atoms with Crippen molar-refractivity contribution in [3.63, 3.8) is 0 Å². The Labute approximate surface area is 180 Å². The number of carbonyl (C=O) groups is 1. The van der Waals surface area contributed by atoms with Crippen LogP contribution in [0.3, 0.4) is 0 Å². The number of benzene rings is 1. The molecule has 2 heterocycles. The molecule has 164 valence electrons. The quantitative estimate of drug-likeness (QED) is 0.659. The second-order valence-electron chi connectivity index (χ2n) is 6.86. The number of piperidine rings is 1. The largest absolute Gasteiger partial charge is 0.493 e. The van der Waals surface area contributed by atoms with Gasteiger partial charge in [0.2, 0.25) is 11.7 Å². The van der Waals surface area contributed by atoms with Crippen LogP contribution in [0.5, 0.6) is 17.2 Å². The molecule has 10 heteroatoms. The van der Waals surface area contributed by atoms with Gasteiger partial charge in [-0.3, -0.25) is 4.79 Å². The number of nitrogens with zero attached hydrogens (tertiary/aromatic N) is 1. The van der Waals surface area contributed by atoms with Crippen LogP contribution in [0, 0.1) is 5.92 Å². The third kappa shape index (κ3) is 4.71. The Morgan fingerprint density at radius 1 is 1.13 bits per heavy atom. The Balaban J connectivity index is 1.58. The zero-order valence-electron chi connectivity index (χ0n) is 17.2. The van der Waals surface area contributed by atoms with E-state index in [2.05, 4.69) is 5.32 Å². The summed E-state index contributed by atoms with van der Waals surface area (Å²) in [6.07, 6.45) is 0.984. The zero-order valence-corrected chi connectivity index (χ0v) is 18.8. The van der Waals surface area contributed by atoms with Gasteiger partial charge in [0.05, 0.1) is 21.3 Å². The van der Waals surface area contributed by atoms with Gasteiger partial charge in [-0.2, -0.15) is 4.31 Å². The van der Waals surface area contributed by atoms with E-state index in [1.807, 2.05) is 0 Å². The van der Waals surface area contributed by atoms with Gasteiger partial charge in [0, 0.05) is 25.6 Å². The first kappa shape index (κ1) is 22.4. The lowest BCUT2D eigenvalue weighted by Gasteiger charge is -2.30. The summed E-state index contributed by atoms with van der Waals surface area (Å²) < 4.78 is 43.0. The normalized spacial score (nSPS) is 15.6. The lowest BCUT2D eigenvalue weighted by atomic mass is 9.97. The highest BCUT2D eigenvalue weighted by Gasteiger charge is 2.32. The highest BCUT2D eigenvalue weighted by molar-refractivity contribution is 7.91. The molecule has 1 aromatic heterocycles. The molecule has 1 aromatic carbocycles. The minimum Gasteiger partial charge on any atom is -0.493 e. The van der Waals surface area contributed by atoms with E-state index in [1.54, 1.807) is 29.6 Å². The van der Waals surface area contributed by atoms with Gasteiger partial charge in [-0.15, -0.1) is 11.3 Å². The zero-order chi connectivity index (χ0) is 21.7. The van der Waals surface area contributed by atoms with Crippen molar-refractivity contribution in [1.29, 1.82) is 0 Å². The van der Waals surface area contributed by atoms with E-state index < -0.39 is 10.0 Å². The maximum Gasteiger partial charge on any atom is 0.252 e. The van der Waals surface area contributed by atoms with E-state index in [0.717, 1.165) is 5.56 Å². The molecule has 3 rings (SSSR count). The highest BCUT2D eigenvalue weighted by Crippen LogP contribution is 2.38. The van der Waals surface area contributed by atoms with E-state index >= 15 is 0 Å². The number of carbonyl (C=O) groups excluding carboxylic acids is 1. The summed E-state index contributed by atoms with van der Waals surface area (Å²) in [6, 6.07) is 6.91. The molecule has 1 aliphatic heterocycles. The fourth-order valence-electron chi connectivity index (χ4n) is 3.47. The lowest BCUT2D eigenvalue weighted by Crippen LogP contribution is -2.42. The number of ether oxygens (including phenoxy) is 3. The molecule has 1 fully saturated rings. The van der Waals surface area contributed by atoms with Crippen molar-refractivity contribution >= 4 is 27.3 Å². The van der Waals surface area contributed by atoms with Crippen LogP contribution >= 0.6 is 11.3 Å². The molecule has 0 aliphatic carbocycles. The molecule has 1 N–H and O–H groups in total. The SMILES string of the molecule is COc1cc(CNC(=O)C2CCN(S(=O)(=O)c3cccs3)CC2)cc(OC)c1OC. The number of amides is 1. The van der Waals surface area contributed by atoms with Crippen molar-refractivity contribution in [2.75, 3.05) is 34.4 Å². The molecule has 0 bridgehead atoms. The average Bonchev–Trinajstić information content (AvgIpc) is 3.32. The fraction of sp³-hybridized carbons (Fsp3) is 0.450. The van der Waals surface area contributed by atoms with E-state index in [1.165, 1.54) is 37.0 Å². The molecule has 1 saturated heterocycles. The van der Waals surface area contributed by atoms with E-state index in [-0.39, 0.29) is 11.8 Å². The maximum absolute atomic E-state index is 12.6. The number of thiophene rings is 1. The molecule has 0 spiro atoms. The molecule has 8 nitrogen and oxygen atoms in total. The van der Waals surface area contributed by atoms with Crippen LogP contribution in [0.25, 0.3) is 0 Å². The van der Waals surface area contributed by atoms with Crippen molar-refractivity contribution < 1.29 is 27.4 Å². The Morgan fingerprint density at radius 3 is 2.27 bits per heavy atom. The van der Waals surface area contributed by atoms with E-state index in [0.29, 0.717) is 53.9 Å². The van der Waals surface area contributed by atoms with Gasteiger partial charge < -0.3 is 19.5 Å². The number of methoxy groups -OCH3 is 3. The van der Waals surface area contributed by atoms with Gasteiger partial charge in [0.1, 0.15) is 4.21 Å². The summed E-state index contributed by atoms with van der Waals surface area (Å²) in [5.74, 6) is 1.23. The number of sulfonamides is 1. The summed E-state index contributed by atoms with van der Waals surface area (Å²) in [6.45, 7) is 0.980.